The molecule has 0 aliphatic heterocycles. The van der Waals surface area contributed by atoms with E-state index in [-0.39, 0.29) is 5.82 Å². The molecule has 1 aromatic carbocycles. The van der Waals surface area contributed by atoms with Crippen molar-refractivity contribution in [1.29, 1.82) is 0 Å². The van der Waals surface area contributed by atoms with Gasteiger partial charge in [0.2, 0.25) is 5.82 Å². The molecular formula is C9H6F3N3O. The van der Waals surface area contributed by atoms with Crippen LogP contribution in [0.5, 0.6) is 0 Å². The Morgan fingerprint density at radius 2 is 2.00 bits per heavy atom. The molecule has 4 nitrogen and oxygen atoms in total. The predicted molar refractivity (Wildman–Crippen MR) is 49.1 cm³/mol. The van der Waals surface area contributed by atoms with Gasteiger partial charge in [-0.2, -0.15) is 18.2 Å². The number of nitrogens with zero attached hydrogens (tertiary/aromatic N) is 2. The lowest BCUT2D eigenvalue weighted by Gasteiger charge is -1.97. The molecule has 0 unspecified atom stereocenters. The van der Waals surface area contributed by atoms with Gasteiger partial charge in [0.25, 0.3) is 0 Å². The quantitative estimate of drug-likeness (QED) is 0.762. The maximum absolute atomic E-state index is 12.2. The summed E-state index contributed by atoms with van der Waals surface area (Å²) in [4.78, 5) is 3.23. The summed E-state index contributed by atoms with van der Waals surface area (Å²) in [7, 11) is 0. The molecule has 84 valence electrons. The number of hydrogen-bond donors (Lipinski definition) is 1. The molecule has 0 aliphatic carbocycles. The molecule has 0 fully saturated rings. The molecule has 0 aliphatic rings. The van der Waals surface area contributed by atoms with Crippen LogP contribution in [0.2, 0.25) is 0 Å². The molecule has 0 amide bonds. The maximum Gasteiger partial charge on any atom is 0.471 e. The monoisotopic (exact) mass is 229 g/mol. The number of aromatic nitrogens is 2. The summed E-state index contributed by atoms with van der Waals surface area (Å²) in [6.07, 6.45) is -4.63. The highest BCUT2D eigenvalue weighted by molar-refractivity contribution is 5.60. The van der Waals surface area contributed by atoms with Gasteiger partial charge in [0.1, 0.15) is 0 Å². The number of benzene rings is 1. The van der Waals surface area contributed by atoms with E-state index in [2.05, 4.69) is 14.7 Å². The topological polar surface area (TPSA) is 64.9 Å². The van der Waals surface area contributed by atoms with Crippen LogP contribution in [0.15, 0.2) is 28.8 Å². The first-order valence-electron chi connectivity index (χ1n) is 4.23. The standard InChI is InChI=1S/C9H6F3N3O/c10-9(11,12)8-14-7(15-16-8)5-2-1-3-6(13)4-5/h1-4H,13H2. The number of halogens is 3. The van der Waals surface area contributed by atoms with Crippen molar-refractivity contribution in [3.8, 4) is 11.4 Å². The Kier molecular flexibility index (Phi) is 2.30. The SMILES string of the molecule is Nc1cccc(-c2noc(C(F)(F)F)n2)c1. The van der Waals surface area contributed by atoms with Crippen molar-refractivity contribution >= 4 is 5.69 Å². The highest BCUT2D eigenvalue weighted by atomic mass is 19.4. The van der Waals surface area contributed by atoms with Crippen molar-refractivity contribution in [1.82, 2.24) is 10.1 Å². The highest BCUT2D eigenvalue weighted by Crippen LogP contribution is 2.29. The molecule has 0 atom stereocenters. The molecule has 2 N–H and O–H groups in total. The summed E-state index contributed by atoms with van der Waals surface area (Å²) < 4.78 is 40.6. The third kappa shape index (κ3) is 1.97. The normalized spacial score (nSPS) is 11.7. The van der Waals surface area contributed by atoms with E-state index in [0.717, 1.165) is 0 Å². The van der Waals surface area contributed by atoms with Gasteiger partial charge in [-0.3, -0.25) is 0 Å². The van der Waals surface area contributed by atoms with E-state index in [1.165, 1.54) is 6.07 Å². The van der Waals surface area contributed by atoms with Gasteiger partial charge in [0.05, 0.1) is 0 Å². The van der Waals surface area contributed by atoms with Crippen LogP contribution in [-0.4, -0.2) is 10.1 Å². The van der Waals surface area contributed by atoms with Gasteiger partial charge in [0, 0.05) is 11.3 Å². The van der Waals surface area contributed by atoms with Gasteiger partial charge >= 0.3 is 12.1 Å². The molecule has 0 bridgehead atoms. The molecular weight excluding hydrogens is 223 g/mol. The lowest BCUT2D eigenvalue weighted by molar-refractivity contribution is -0.159. The summed E-state index contributed by atoms with van der Waals surface area (Å²) >= 11 is 0. The fourth-order valence-corrected chi connectivity index (χ4v) is 1.13. The van der Waals surface area contributed by atoms with Crippen molar-refractivity contribution in [3.63, 3.8) is 0 Å². The first kappa shape index (κ1) is 10.5. The smallest absolute Gasteiger partial charge is 0.399 e. The minimum absolute atomic E-state index is 0.139. The first-order valence-corrected chi connectivity index (χ1v) is 4.23. The molecule has 1 heterocycles. The van der Waals surface area contributed by atoms with E-state index in [0.29, 0.717) is 11.3 Å². The number of anilines is 1. The second-order valence-corrected chi connectivity index (χ2v) is 3.05. The van der Waals surface area contributed by atoms with E-state index in [9.17, 15) is 13.2 Å². The van der Waals surface area contributed by atoms with Gasteiger partial charge in [-0.05, 0) is 12.1 Å². The highest BCUT2D eigenvalue weighted by Gasteiger charge is 2.38. The lowest BCUT2D eigenvalue weighted by atomic mass is 10.2. The number of alkyl halides is 3. The van der Waals surface area contributed by atoms with Crippen LogP contribution < -0.4 is 5.73 Å². The number of nitrogen functional groups attached to an aromatic ring is 1. The number of nitrogens with two attached hydrogens (primary N) is 1. The third-order valence-electron chi connectivity index (χ3n) is 1.81. The minimum atomic E-state index is -4.63. The van der Waals surface area contributed by atoms with Crippen molar-refractivity contribution in [2.24, 2.45) is 0 Å². The van der Waals surface area contributed by atoms with Crippen molar-refractivity contribution < 1.29 is 17.7 Å². The second-order valence-electron chi connectivity index (χ2n) is 3.05. The maximum atomic E-state index is 12.2. The first-order chi connectivity index (χ1) is 7.47. The predicted octanol–water partition coefficient (Wildman–Crippen LogP) is 2.34. The van der Waals surface area contributed by atoms with Crippen LogP contribution in [0.25, 0.3) is 11.4 Å². The van der Waals surface area contributed by atoms with Crippen molar-refractivity contribution in [3.05, 3.63) is 30.2 Å². The summed E-state index contributed by atoms with van der Waals surface area (Å²) in [6.45, 7) is 0. The summed E-state index contributed by atoms with van der Waals surface area (Å²) in [5, 5.41) is 3.23. The molecule has 0 saturated carbocycles. The second kappa shape index (κ2) is 3.51. The Bertz CT molecular complexity index is 507. The average Bonchev–Trinajstić information content (AvgIpc) is 2.65. The van der Waals surface area contributed by atoms with Crippen LogP contribution in [0, 0.1) is 0 Å². The summed E-state index contributed by atoms with van der Waals surface area (Å²) in [5.41, 5.74) is 6.27. The average molecular weight is 229 g/mol. The van der Waals surface area contributed by atoms with Gasteiger partial charge in [-0.25, -0.2) is 0 Å². The number of hydrogen-bond acceptors (Lipinski definition) is 4. The molecule has 2 aromatic rings. The van der Waals surface area contributed by atoms with E-state index in [1.54, 1.807) is 18.2 Å². The van der Waals surface area contributed by atoms with Gasteiger partial charge < -0.3 is 10.3 Å². The Hall–Kier alpha value is -2.05. The van der Waals surface area contributed by atoms with Crippen molar-refractivity contribution in [2.45, 2.75) is 6.18 Å². The van der Waals surface area contributed by atoms with E-state index >= 15 is 0 Å². The molecule has 16 heavy (non-hydrogen) atoms. The van der Waals surface area contributed by atoms with Crippen molar-refractivity contribution in [2.75, 3.05) is 5.73 Å². The molecule has 0 saturated heterocycles. The zero-order valence-corrected chi connectivity index (χ0v) is 7.82. The fraction of sp³-hybridized carbons (Fsp3) is 0.111. The van der Waals surface area contributed by atoms with Gasteiger partial charge in [0.15, 0.2) is 0 Å². The Morgan fingerprint density at radius 3 is 2.56 bits per heavy atom. The summed E-state index contributed by atoms with van der Waals surface area (Å²) in [5.74, 6) is -1.51. The van der Waals surface area contributed by atoms with E-state index < -0.39 is 12.1 Å². The largest absolute Gasteiger partial charge is 0.471 e. The van der Waals surface area contributed by atoms with Crippen LogP contribution in [0.4, 0.5) is 18.9 Å². The Labute approximate surface area is 87.9 Å². The molecule has 2 rings (SSSR count). The fourth-order valence-electron chi connectivity index (χ4n) is 1.13. The van der Waals surface area contributed by atoms with Crippen LogP contribution >= 0.6 is 0 Å². The Morgan fingerprint density at radius 1 is 1.25 bits per heavy atom. The third-order valence-corrected chi connectivity index (χ3v) is 1.81. The summed E-state index contributed by atoms with van der Waals surface area (Å²) in [6, 6.07) is 6.20. The van der Waals surface area contributed by atoms with Gasteiger partial charge in [-0.1, -0.05) is 17.3 Å². The zero-order chi connectivity index (χ0) is 11.8. The molecule has 0 radical (unpaired) electrons. The van der Waals surface area contributed by atoms with Crippen LogP contribution in [0.3, 0.4) is 0 Å². The van der Waals surface area contributed by atoms with E-state index in [1.807, 2.05) is 0 Å². The van der Waals surface area contributed by atoms with Crippen LogP contribution in [-0.2, 0) is 6.18 Å². The van der Waals surface area contributed by atoms with E-state index in [4.69, 9.17) is 5.73 Å². The lowest BCUT2D eigenvalue weighted by Crippen LogP contribution is -2.04. The minimum Gasteiger partial charge on any atom is -0.399 e. The van der Waals surface area contributed by atoms with Crippen LogP contribution in [0.1, 0.15) is 5.89 Å². The zero-order valence-electron chi connectivity index (χ0n) is 7.82. The molecule has 7 heteroatoms. The van der Waals surface area contributed by atoms with Gasteiger partial charge in [-0.15, -0.1) is 0 Å². The molecule has 0 spiro atoms. The number of rotatable bonds is 1. The Balaban J connectivity index is 2.39. The molecule has 1 aromatic heterocycles.